The summed E-state index contributed by atoms with van der Waals surface area (Å²) in [5.41, 5.74) is 2.48. The van der Waals surface area contributed by atoms with E-state index in [1.54, 1.807) is 36.5 Å². The lowest BCUT2D eigenvalue weighted by molar-refractivity contribution is -0.145. The normalized spacial score (nSPS) is 14.8. The Balaban J connectivity index is 1.21. The summed E-state index contributed by atoms with van der Waals surface area (Å²) in [6, 6.07) is 11.7. The summed E-state index contributed by atoms with van der Waals surface area (Å²) >= 11 is 14.6. The number of likely N-dealkylation sites (N-methyl/N-ethyl adjacent to an activating group) is 1. The Hall–Kier alpha value is -4.15. The number of alkyl halides is 3. The largest absolute Gasteiger partial charge is 0.491 e. The van der Waals surface area contributed by atoms with Crippen molar-refractivity contribution < 1.29 is 37.3 Å². The van der Waals surface area contributed by atoms with Crippen LogP contribution in [-0.4, -0.2) is 98.7 Å². The molecule has 52 heavy (non-hydrogen) atoms. The van der Waals surface area contributed by atoms with Crippen LogP contribution in [0, 0.1) is 6.92 Å². The first kappa shape index (κ1) is 37.6. The molecule has 1 atom stereocenters. The van der Waals surface area contributed by atoms with Gasteiger partial charge in [-0.1, -0.05) is 47.5 Å². The molecule has 2 aromatic carbocycles. The van der Waals surface area contributed by atoms with Gasteiger partial charge in [0, 0.05) is 57.1 Å². The quantitative estimate of drug-likeness (QED) is 0.118. The van der Waals surface area contributed by atoms with Crippen molar-refractivity contribution in [2.45, 2.75) is 38.8 Å². The van der Waals surface area contributed by atoms with Crippen LogP contribution in [0.2, 0.25) is 10.2 Å². The number of rotatable bonds is 14. The maximum atomic E-state index is 13.0. The number of carbonyl (C=O) groups is 1. The highest BCUT2D eigenvalue weighted by molar-refractivity contribution is 7.13. The van der Waals surface area contributed by atoms with Gasteiger partial charge in [0.2, 0.25) is 12.0 Å². The minimum Gasteiger partial charge on any atom is -0.491 e. The first-order chi connectivity index (χ1) is 24.9. The van der Waals surface area contributed by atoms with Crippen molar-refractivity contribution >= 4 is 50.8 Å². The molecule has 5 aromatic rings. The second-order valence-corrected chi connectivity index (χ2v) is 13.9. The van der Waals surface area contributed by atoms with Crippen molar-refractivity contribution in [1.29, 1.82) is 0 Å². The van der Waals surface area contributed by atoms with Gasteiger partial charge in [-0.3, -0.25) is 9.58 Å². The molecule has 1 unspecified atom stereocenters. The SMILES string of the molecule is Cc1c(-c2c(Cl)ncc3snc(OC(Cc4ccccc4OCc4ccnn4CC(F)(F)F)C(=O)O)c23)ccc(OCCN2CCN(C)CC2)c1Cl. The fourth-order valence-electron chi connectivity index (χ4n) is 5.89. The number of hydrogen-bond donors (Lipinski definition) is 1. The number of pyridine rings is 1. The molecule has 6 rings (SSSR count). The lowest BCUT2D eigenvalue weighted by Crippen LogP contribution is -2.45. The van der Waals surface area contributed by atoms with Crippen LogP contribution in [0.3, 0.4) is 0 Å². The Morgan fingerprint density at radius 2 is 1.83 bits per heavy atom. The molecule has 17 heteroatoms. The number of fused-ring (bicyclic) bond motifs is 1. The summed E-state index contributed by atoms with van der Waals surface area (Å²) < 4.78 is 62.9. The molecule has 1 aliphatic heterocycles. The van der Waals surface area contributed by atoms with Crippen molar-refractivity contribution in [3.8, 4) is 28.5 Å². The Morgan fingerprint density at radius 1 is 1.06 bits per heavy atom. The summed E-state index contributed by atoms with van der Waals surface area (Å²) in [4.78, 5) is 21.6. The molecule has 1 N–H and O–H groups in total. The van der Waals surface area contributed by atoms with Gasteiger partial charge in [0.1, 0.15) is 36.4 Å². The maximum absolute atomic E-state index is 13.0. The van der Waals surface area contributed by atoms with Gasteiger partial charge in [0.25, 0.3) is 0 Å². The van der Waals surface area contributed by atoms with Crippen molar-refractivity contribution in [3.05, 3.63) is 81.9 Å². The average molecular weight is 780 g/mol. The third kappa shape index (κ3) is 8.89. The topological polar surface area (TPSA) is 115 Å². The summed E-state index contributed by atoms with van der Waals surface area (Å²) in [5, 5.41) is 15.0. The highest BCUT2D eigenvalue weighted by Gasteiger charge is 2.30. The number of carboxylic acid groups (broad SMARTS) is 1. The van der Waals surface area contributed by atoms with Crippen LogP contribution in [0.4, 0.5) is 13.2 Å². The van der Waals surface area contributed by atoms with Crippen LogP contribution in [0.5, 0.6) is 17.4 Å². The Kier molecular flexibility index (Phi) is 11.8. The monoisotopic (exact) mass is 778 g/mol. The zero-order valence-corrected chi connectivity index (χ0v) is 30.5. The second kappa shape index (κ2) is 16.3. The molecule has 1 fully saturated rings. The molecule has 1 saturated heterocycles. The van der Waals surface area contributed by atoms with Crippen LogP contribution < -0.4 is 14.2 Å². The third-order valence-corrected chi connectivity index (χ3v) is 10.3. The van der Waals surface area contributed by atoms with E-state index in [9.17, 15) is 23.1 Å². The van der Waals surface area contributed by atoms with Gasteiger partial charge in [-0.15, -0.1) is 0 Å². The van der Waals surface area contributed by atoms with E-state index in [0.717, 1.165) is 48.9 Å². The smallest absolute Gasteiger partial charge is 0.408 e. The van der Waals surface area contributed by atoms with Gasteiger partial charge in [-0.05, 0) is 60.4 Å². The third-order valence-electron chi connectivity index (χ3n) is 8.74. The highest BCUT2D eigenvalue weighted by atomic mass is 35.5. The van der Waals surface area contributed by atoms with Gasteiger partial charge >= 0.3 is 12.1 Å². The number of aliphatic carboxylic acids is 1. The lowest BCUT2D eigenvalue weighted by atomic mass is 9.99. The Labute approximate surface area is 311 Å². The van der Waals surface area contributed by atoms with E-state index in [-0.39, 0.29) is 35.5 Å². The minimum absolute atomic E-state index is 0.0455. The molecule has 3 aromatic heterocycles. The number of ether oxygens (including phenoxy) is 3. The maximum Gasteiger partial charge on any atom is 0.408 e. The summed E-state index contributed by atoms with van der Waals surface area (Å²) in [6.07, 6.45) is -3.23. The van der Waals surface area contributed by atoms with Gasteiger partial charge in [-0.25, -0.2) is 9.78 Å². The average Bonchev–Trinajstić information content (AvgIpc) is 3.72. The molecule has 1 aliphatic rings. The van der Waals surface area contributed by atoms with E-state index in [1.807, 2.05) is 13.0 Å². The highest BCUT2D eigenvalue weighted by Crippen LogP contribution is 2.44. The van der Waals surface area contributed by atoms with Gasteiger partial charge in [0.05, 0.1) is 20.8 Å². The van der Waals surface area contributed by atoms with Crippen LogP contribution in [0.15, 0.2) is 54.9 Å². The number of benzene rings is 2. The number of para-hydroxylation sites is 1. The number of aromatic nitrogens is 4. The molecular formula is C35H35Cl2F3N6O5S. The zero-order chi connectivity index (χ0) is 37.0. The minimum atomic E-state index is -4.46. The van der Waals surface area contributed by atoms with E-state index in [0.29, 0.717) is 49.7 Å². The van der Waals surface area contributed by atoms with E-state index in [4.69, 9.17) is 37.4 Å². The first-order valence-corrected chi connectivity index (χ1v) is 17.9. The fourth-order valence-corrected chi connectivity index (χ4v) is 7.05. The summed E-state index contributed by atoms with van der Waals surface area (Å²) in [7, 11) is 2.11. The number of hydrogen-bond acceptors (Lipinski definition) is 10. The van der Waals surface area contributed by atoms with E-state index in [2.05, 4.69) is 31.3 Å². The molecule has 0 saturated carbocycles. The lowest BCUT2D eigenvalue weighted by Gasteiger charge is -2.32. The molecule has 276 valence electrons. The predicted octanol–water partition coefficient (Wildman–Crippen LogP) is 7.01. The van der Waals surface area contributed by atoms with E-state index >= 15 is 0 Å². The Bertz CT molecular complexity index is 2040. The molecule has 0 amide bonds. The van der Waals surface area contributed by atoms with E-state index < -0.39 is 24.8 Å². The molecule has 11 nitrogen and oxygen atoms in total. The molecular weight excluding hydrogens is 744 g/mol. The number of piperazine rings is 1. The Morgan fingerprint density at radius 3 is 2.58 bits per heavy atom. The fraction of sp³-hybridized carbons (Fsp3) is 0.371. The molecule has 0 aliphatic carbocycles. The second-order valence-electron chi connectivity index (χ2n) is 12.3. The predicted molar refractivity (Wildman–Crippen MR) is 192 cm³/mol. The van der Waals surface area contributed by atoms with Crippen LogP contribution in [0.1, 0.15) is 16.8 Å². The van der Waals surface area contributed by atoms with Gasteiger partial charge in [-0.2, -0.15) is 22.6 Å². The zero-order valence-electron chi connectivity index (χ0n) is 28.2. The van der Waals surface area contributed by atoms with Crippen LogP contribution in [-0.2, 0) is 24.4 Å². The van der Waals surface area contributed by atoms with Crippen molar-refractivity contribution in [2.75, 3.05) is 46.4 Å². The van der Waals surface area contributed by atoms with Crippen molar-refractivity contribution in [1.82, 2.24) is 28.9 Å². The van der Waals surface area contributed by atoms with Gasteiger partial charge < -0.3 is 24.2 Å². The first-order valence-electron chi connectivity index (χ1n) is 16.3. The van der Waals surface area contributed by atoms with E-state index in [1.165, 1.54) is 12.3 Å². The number of halogens is 5. The molecule has 0 radical (unpaired) electrons. The molecule has 0 spiro atoms. The van der Waals surface area contributed by atoms with Crippen LogP contribution >= 0.6 is 34.7 Å². The molecule has 0 bridgehead atoms. The van der Waals surface area contributed by atoms with Crippen molar-refractivity contribution in [3.63, 3.8) is 0 Å². The summed E-state index contributed by atoms with van der Waals surface area (Å²) in [5.74, 6) is -0.406. The van der Waals surface area contributed by atoms with Gasteiger partial charge in [0.15, 0.2) is 0 Å². The number of nitrogens with zero attached hydrogens (tertiary/aromatic N) is 6. The van der Waals surface area contributed by atoms with Crippen LogP contribution in [0.25, 0.3) is 21.2 Å². The molecule has 4 heterocycles. The standard InChI is InChI=1S/C35H35Cl2F3N6O5S/c1-21-24(7-8-26(31(21)36)49-16-15-45-13-11-44(2)12-14-45)29-30-28(18-41-32(29)37)52-43-33(30)51-27(34(47)48)17-22-5-3-4-6-25(22)50-19-23-9-10-42-46(23)20-35(38,39)40/h3-10,18,27H,11-17,19-20H2,1-2H3,(H,47,48). The van der Waals surface area contributed by atoms with Crippen molar-refractivity contribution in [2.24, 2.45) is 0 Å². The summed E-state index contributed by atoms with van der Waals surface area (Å²) in [6.45, 7) is 5.58. The number of carboxylic acids is 1.